The summed E-state index contributed by atoms with van der Waals surface area (Å²) in [5, 5.41) is 3.32. The second-order valence-corrected chi connectivity index (χ2v) is 3.94. The molecule has 1 N–H and O–H groups in total. The molecule has 16 heavy (non-hydrogen) atoms. The number of anilines is 2. The fraction of sp³-hybridized carbons (Fsp3) is 0.308. The SMILES string of the molecule is CCCn1ccnc1Nc1ccc(C)cc1. The quantitative estimate of drug-likeness (QED) is 0.847. The summed E-state index contributed by atoms with van der Waals surface area (Å²) in [4.78, 5) is 4.30. The van der Waals surface area contributed by atoms with Gasteiger partial charge in [-0.15, -0.1) is 0 Å². The van der Waals surface area contributed by atoms with E-state index in [1.54, 1.807) is 0 Å². The molecule has 1 aromatic heterocycles. The van der Waals surface area contributed by atoms with Gasteiger partial charge in [-0.3, -0.25) is 0 Å². The lowest BCUT2D eigenvalue weighted by Crippen LogP contribution is -2.02. The van der Waals surface area contributed by atoms with Gasteiger partial charge in [0.25, 0.3) is 0 Å². The van der Waals surface area contributed by atoms with Gasteiger partial charge in [0.1, 0.15) is 0 Å². The third kappa shape index (κ3) is 2.42. The molecule has 1 heterocycles. The first-order valence-corrected chi connectivity index (χ1v) is 5.64. The van der Waals surface area contributed by atoms with Crippen LogP contribution >= 0.6 is 0 Å². The van der Waals surface area contributed by atoms with Crippen LogP contribution < -0.4 is 5.32 Å². The van der Waals surface area contributed by atoms with E-state index in [1.807, 2.05) is 12.4 Å². The zero-order chi connectivity index (χ0) is 11.4. The molecule has 0 radical (unpaired) electrons. The zero-order valence-corrected chi connectivity index (χ0v) is 9.77. The van der Waals surface area contributed by atoms with Gasteiger partial charge in [-0.25, -0.2) is 4.98 Å². The molecule has 0 aliphatic heterocycles. The molecule has 0 saturated heterocycles. The first-order valence-electron chi connectivity index (χ1n) is 5.64. The zero-order valence-electron chi connectivity index (χ0n) is 9.77. The Morgan fingerprint density at radius 2 is 2.00 bits per heavy atom. The Labute approximate surface area is 96.1 Å². The number of aryl methyl sites for hydroxylation is 2. The second-order valence-electron chi connectivity index (χ2n) is 3.94. The maximum absolute atomic E-state index is 4.30. The minimum Gasteiger partial charge on any atom is -0.326 e. The summed E-state index contributed by atoms with van der Waals surface area (Å²) in [5.74, 6) is 0.908. The van der Waals surface area contributed by atoms with Gasteiger partial charge in [-0.2, -0.15) is 0 Å². The molecular weight excluding hydrogens is 198 g/mol. The molecule has 0 aliphatic rings. The van der Waals surface area contributed by atoms with Crippen LogP contribution in [0.25, 0.3) is 0 Å². The molecule has 1 aromatic carbocycles. The highest BCUT2D eigenvalue weighted by atomic mass is 15.2. The van der Waals surface area contributed by atoms with Gasteiger partial charge in [0.2, 0.25) is 5.95 Å². The second kappa shape index (κ2) is 4.84. The summed E-state index contributed by atoms with van der Waals surface area (Å²) in [5.41, 5.74) is 2.34. The first kappa shape index (κ1) is 10.7. The van der Waals surface area contributed by atoms with Crippen molar-refractivity contribution in [1.29, 1.82) is 0 Å². The van der Waals surface area contributed by atoms with Gasteiger partial charge in [0.15, 0.2) is 0 Å². The average Bonchev–Trinajstić information content (AvgIpc) is 2.70. The topological polar surface area (TPSA) is 29.9 Å². The summed E-state index contributed by atoms with van der Waals surface area (Å²) in [6.07, 6.45) is 4.94. The van der Waals surface area contributed by atoms with E-state index >= 15 is 0 Å². The summed E-state index contributed by atoms with van der Waals surface area (Å²) >= 11 is 0. The van der Waals surface area contributed by atoms with Crippen molar-refractivity contribution in [2.24, 2.45) is 0 Å². The minimum atomic E-state index is 0.908. The van der Waals surface area contributed by atoms with E-state index in [-0.39, 0.29) is 0 Å². The van der Waals surface area contributed by atoms with Gasteiger partial charge < -0.3 is 9.88 Å². The van der Waals surface area contributed by atoms with E-state index in [4.69, 9.17) is 0 Å². The van der Waals surface area contributed by atoms with Gasteiger partial charge in [-0.1, -0.05) is 24.6 Å². The molecule has 0 amide bonds. The van der Waals surface area contributed by atoms with Crippen LogP contribution in [-0.4, -0.2) is 9.55 Å². The van der Waals surface area contributed by atoms with E-state index in [1.165, 1.54) is 5.56 Å². The average molecular weight is 215 g/mol. The number of aromatic nitrogens is 2. The third-order valence-corrected chi connectivity index (χ3v) is 2.49. The minimum absolute atomic E-state index is 0.908. The highest BCUT2D eigenvalue weighted by Crippen LogP contribution is 2.15. The van der Waals surface area contributed by atoms with Crippen LogP contribution in [0.15, 0.2) is 36.7 Å². The number of benzene rings is 1. The van der Waals surface area contributed by atoms with Gasteiger partial charge in [-0.05, 0) is 25.5 Å². The number of hydrogen-bond donors (Lipinski definition) is 1. The summed E-state index contributed by atoms with van der Waals surface area (Å²) in [7, 11) is 0. The van der Waals surface area contributed by atoms with Gasteiger partial charge in [0, 0.05) is 24.6 Å². The lowest BCUT2D eigenvalue weighted by molar-refractivity contribution is 0.686. The fourth-order valence-corrected chi connectivity index (χ4v) is 1.62. The third-order valence-electron chi connectivity index (χ3n) is 2.49. The molecule has 0 bridgehead atoms. The lowest BCUT2D eigenvalue weighted by Gasteiger charge is -2.08. The Hall–Kier alpha value is -1.77. The van der Waals surface area contributed by atoms with E-state index in [9.17, 15) is 0 Å². The van der Waals surface area contributed by atoms with Crippen LogP contribution in [0, 0.1) is 6.92 Å². The monoisotopic (exact) mass is 215 g/mol. The highest BCUT2D eigenvalue weighted by Gasteiger charge is 2.01. The van der Waals surface area contributed by atoms with Crippen LogP contribution in [0.5, 0.6) is 0 Å². The van der Waals surface area contributed by atoms with E-state index in [2.05, 4.69) is 53.0 Å². The van der Waals surface area contributed by atoms with Crippen molar-refractivity contribution in [2.45, 2.75) is 26.8 Å². The molecule has 0 aliphatic carbocycles. The standard InChI is InChI=1S/C13H17N3/c1-3-9-16-10-8-14-13(16)15-12-6-4-11(2)5-7-12/h4-8,10H,3,9H2,1-2H3,(H,14,15). The van der Waals surface area contributed by atoms with Crippen LogP contribution in [0.1, 0.15) is 18.9 Å². The van der Waals surface area contributed by atoms with Crippen molar-refractivity contribution in [3.8, 4) is 0 Å². The number of imidazole rings is 1. The van der Waals surface area contributed by atoms with Crippen molar-refractivity contribution < 1.29 is 0 Å². The summed E-state index contributed by atoms with van der Waals surface area (Å²) in [6.45, 7) is 5.24. The van der Waals surface area contributed by atoms with Crippen LogP contribution in [0.4, 0.5) is 11.6 Å². The first-order chi connectivity index (χ1) is 7.79. The van der Waals surface area contributed by atoms with E-state index < -0.39 is 0 Å². The Morgan fingerprint density at radius 3 is 2.69 bits per heavy atom. The fourth-order valence-electron chi connectivity index (χ4n) is 1.62. The molecule has 0 spiro atoms. The molecule has 2 aromatic rings. The molecule has 0 saturated carbocycles. The van der Waals surface area contributed by atoms with Crippen LogP contribution in [0.2, 0.25) is 0 Å². The van der Waals surface area contributed by atoms with Crippen molar-refractivity contribution in [3.63, 3.8) is 0 Å². The maximum Gasteiger partial charge on any atom is 0.207 e. The Kier molecular flexibility index (Phi) is 3.25. The number of nitrogens with one attached hydrogen (secondary N) is 1. The van der Waals surface area contributed by atoms with Gasteiger partial charge in [0.05, 0.1) is 0 Å². The molecule has 0 unspecified atom stereocenters. The predicted octanol–water partition coefficient (Wildman–Crippen LogP) is 3.35. The van der Waals surface area contributed by atoms with Gasteiger partial charge >= 0.3 is 0 Å². The highest BCUT2D eigenvalue weighted by molar-refractivity contribution is 5.53. The largest absolute Gasteiger partial charge is 0.326 e. The van der Waals surface area contributed by atoms with Crippen LogP contribution in [-0.2, 0) is 6.54 Å². The van der Waals surface area contributed by atoms with Crippen molar-refractivity contribution >= 4 is 11.6 Å². The van der Waals surface area contributed by atoms with E-state index in [0.717, 1.165) is 24.6 Å². The normalized spacial score (nSPS) is 10.4. The Balaban J connectivity index is 2.13. The smallest absolute Gasteiger partial charge is 0.207 e. The van der Waals surface area contributed by atoms with Crippen LogP contribution in [0.3, 0.4) is 0 Å². The number of hydrogen-bond acceptors (Lipinski definition) is 2. The van der Waals surface area contributed by atoms with Crippen molar-refractivity contribution in [2.75, 3.05) is 5.32 Å². The number of nitrogens with zero attached hydrogens (tertiary/aromatic N) is 2. The molecule has 3 heteroatoms. The number of rotatable bonds is 4. The summed E-state index contributed by atoms with van der Waals surface area (Å²) < 4.78 is 2.12. The van der Waals surface area contributed by atoms with E-state index in [0.29, 0.717) is 0 Å². The van der Waals surface area contributed by atoms with Crippen molar-refractivity contribution in [3.05, 3.63) is 42.2 Å². The summed E-state index contributed by atoms with van der Waals surface area (Å²) in [6, 6.07) is 8.32. The Morgan fingerprint density at radius 1 is 1.25 bits per heavy atom. The molecular formula is C13H17N3. The molecule has 2 rings (SSSR count). The van der Waals surface area contributed by atoms with Crippen molar-refractivity contribution in [1.82, 2.24) is 9.55 Å². The predicted molar refractivity (Wildman–Crippen MR) is 67.0 cm³/mol. The maximum atomic E-state index is 4.30. The molecule has 3 nitrogen and oxygen atoms in total. The lowest BCUT2D eigenvalue weighted by atomic mass is 10.2. The Bertz CT molecular complexity index is 442. The molecule has 84 valence electrons. The molecule has 0 fully saturated rings. The molecule has 0 atom stereocenters.